The first-order valence-electron chi connectivity index (χ1n) is 9.48. The topological polar surface area (TPSA) is 73.6 Å². The lowest BCUT2D eigenvalue weighted by molar-refractivity contribution is -0.123. The zero-order chi connectivity index (χ0) is 21.2. The SMILES string of the molecule is COc1cc(CCNC(=O)[C@@H](N)C(C)C)ccc1OCC#Cc1ccccc1Cl. The van der Waals surface area contributed by atoms with E-state index in [-0.39, 0.29) is 18.4 Å². The molecule has 0 aromatic heterocycles. The van der Waals surface area contributed by atoms with E-state index in [2.05, 4.69) is 17.2 Å². The van der Waals surface area contributed by atoms with Crippen molar-refractivity contribution in [3.05, 3.63) is 58.6 Å². The molecule has 0 aliphatic carbocycles. The molecule has 0 bridgehead atoms. The van der Waals surface area contributed by atoms with Crippen molar-refractivity contribution in [1.82, 2.24) is 5.32 Å². The van der Waals surface area contributed by atoms with Gasteiger partial charge in [0, 0.05) is 12.1 Å². The third-order valence-corrected chi connectivity index (χ3v) is 4.69. The number of hydrogen-bond acceptors (Lipinski definition) is 4. The van der Waals surface area contributed by atoms with Crippen LogP contribution in [0.25, 0.3) is 0 Å². The largest absolute Gasteiger partial charge is 0.493 e. The minimum Gasteiger partial charge on any atom is -0.493 e. The van der Waals surface area contributed by atoms with Crippen molar-refractivity contribution in [3.63, 3.8) is 0 Å². The molecule has 2 aromatic rings. The van der Waals surface area contributed by atoms with Crippen molar-refractivity contribution in [2.75, 3.05) is 20.3 Å². The molecule has 5 nitrogen and oxygen atoms in total. The first-order valence-corrected chi connectivity index (χ1v) is 9.86. The van der Waals surface area contributed by atoms with Gasteiger partial charge in [-0.25, -0.2) is 0 Å². The molecule has 0 saturated heterocycles. The molecule has 3 N–H and O–H groups in total. The summed E-state index contributed by atoms with van der Waals surface area (Å²) in [6.45, 7) is 4.56. The number of hydrogen-bond donors (Lipinski definition) is 2. The lowest BCUT2D eigenvalue weighted by Crippen LogP contribution is -2.44. The maximum absolute atomic E-state index is 11.9. The highest BCUT2D eigenvalue weighted by atomic mass is 35.5. The number of carbonyl (C=O) groups excluding carboxylic acids is 1. The molecule has 1 amide bonds. The number of methoxy groups -OCH3 is 1. The lowest BCUT2D eigenvalue weighted by Gasteiger charge is -2.15. The number of amides is 1. The molecule has 0 aliphatic heterocycles. The van der Waals surface area contributed by atoms with E-state index in [4.69, 9.17) is 26.8 Å². The molecule has 1 atom stereocenters. The van der Waals surface area contributed by atoms with Gasteiger partial charge >= 0.3 is 0 Å². The summed E-state index contributed by atoms with van der Waals surface area (Å²) in [5.74, 6) is 7.13. The van der Waals surface area contributed by atoms with E-state index in [0.717, 1.165) is 11.1 Å². The normalized spacial score (nSPS) is 11.4. The van der Waals surface area contributed by atoms with Crippen LogP contribution < -0.4 is 20.5 Å². The van der Waals surface area contributed by atoms with Crippen LogP contribution >= 0.6 is 11.6 Å². The number of benzene rings is 2. The van der Waals surface area contributed by atoms with E-state index in [1.165, 1.54) is 0 Å². The maximum atomic E-state index is 11.9. The summed E-state index contributed by atoms with van der Waals surface area (Å²) in [5, 5.41) is 3.48. The van der Waals surface area contributed by atoms with E-state index in [9.17, 15) is 4.79 Å². The number of rotatable bonds is 8. The fraction of sp³-hybridized carbons (Fsp3) is 0.348. The number of nitrogens with two attached hydrogens (primary N) is 1. The van der Waals surface area contributed by atoms with Gasteiger partial charge in [-0.05, 0) is 42.2 Å². The lowest BCUT2D eigenvalue weighted by atomic mass is 10.0. The van der Waals surface area contributed by atoms with Gasteiger partial charge < -0.3 is 20.5 Å². The van der Waals surface area contributed by atoms with Gasteiger partial charge in [-0.15, -0.1) is 0 Å². The van der Waals surface area contributed by atoms with Crippen LogP contribution in [0.1, 0.15) is 25.0 Å². The Morgan fingerprint density at radius 3 is 2.66 bits per heavy atom. The molecule has 154 valence electrons. The van der Waals surface area contributed by atoms with Crippen LogP contribution in [0.3, 0.4) is 0 Å². The monoisotopic (exact) mass is 414 g/mol. The second-order valence-corrected chi connectivity index (χ2v) is 7.27. The van der Waals surface area contributed by atoms with E-state index < -0.39 is 6.04 Å². The van der Waals surface area contributed by atoms with Crippen LogP contribution in [-0.2, 0) is 11.2 Å². The molecule has 0 unspecified atom stereocenters. The summed E-state index contributed by atoms with van der Waals surface area (Å²) in [7, 11) is 1.59. The Bertz CT molecular complexity index is 887. The van der Waals surface area contributed by atoms with E-state index in [1.807, 2.05) is 50.2 Å². The molecule has 0 fully saturated rings. The molecule has 2 aromatic carbocycles. The van der Waals surface area contributed by atoms with Crippen molar-refractivity contribution < 1.29 is 14.3 Å². The van der Waals surface area contributed by atoms with Gasteiger partial charge in [0.25, 0.3) is 0 Å². The van der Waals surface area contributed by atoms with Crippen LogP contribution in [0.5, 0.6) is 11.5 Å². The van der Waals surface area contributed by atoms with Crippen LogP contribution in [0.2, 0.25) is 5.02 Å². The zero-order valence-corrected chi connectivity index (χ0v) is 17.8. The summed E-state index contributed by atoms with van der Waals surface area (Å²) >= 11 is 6.08. The van der Waals surface area contributed by atoms with E-state index >= 15 is 0 Å². The standard InChI is InChI=1S/C23H27ClN2O3/c1-16(2)22(25)23(27)26-13-12-17-10-11-20(21(15-17)28-3)29-14-6-8-18-7-4-5-9-19(18)24/h4-5,7,9-11,15-16,22H,12-14,25H2,1-3H3,(H,26,27)/t22-/m0/s1. The van der Waals surface area contributed by atoms with Crippen molar-refractivity contribution in [3.8, 4) is 23.3 Å². The average molecular weight is 415 g/mol. The van der Waals surface area contributed by atoms with Gasteiger partial charge in [-0.3, -0.25) is 4.79 Å². The van der Waals surface area contributed by atoms with Gasteiger partial charge in [-0.2, -0.15) is 0 Å². The number of carbonyl (C=O) groups is 1. The predicted octanol–water partition coefficient (Wildman–Crippen LogP) is 3.42. The average Bonchev–Trinajstić information content (AvgIpc) is 2.72. The Labute approximate surface area is 177 Å². The van der Waals surface area contributed by atoms with Gasteiger partial charge in [0.2, 0.25) is 5.91 Å². The Morgan fingerprint density at radius 2 is 1.97 bits per heavy atom. The molecule has 0 heterocycles. The molecule has 2 rings (SSSR count). The van der Waals surface area contributed by atoms with Crippen LogP contribution in [0.4, 0.5) is 0 Å². The summed E-state index contributed by atoms with van der Waals surface area (Å²) in [4.78, 5) is 11.9. The fourth-order valence-corrected chi connectivity index (χ4v) is 2.73. The first kappa shape index (κ1) is 22.6. The Kier molecular flexibility index (Phi) is 8.85. The molecule has 29 heavy (non-hydrogen) atoms. The highest BCUT2D eigenvalue weighted by molar-refractivity contribution is 6.31. The van der Waals surface area contributed by atoms with Crippen LogP contribution in [-0.4, -0.2) is 32.2 Å². The Balaban J connectivity index is 1.90. The Hall–Kier alpha value is -2.68. The second kappa shape index (κ2) is 11.4. The molecule has 0 saturated carbocycles. The van der Waals surface area contributed by atoms with Crippen molar-refractivity contribution in [2.24, 2.45) is 11.7 Å². The second-order valence-electron chi connectivity index (χ2n) is 6.87. The third-order valence-electron chi connectivity index (χ3n) is 4.36. The minimum absolute atomic E-state index is 0.104. The van der Waals surface area contributed by atoms with Gasteiger partial charge in [0.1, 0.15) is 6.61 Å². The summed E-state index contributed by atoms with van der Waals surface area (Å²) < 4.78 is 11.1. The molecule has 0 radical (unpaired) electrons. The highest BCUT2D eigenvalue weighted by Gasteiger charge is 2.16. The number of nitrogens with one attached hydrogen (secondary N) is 1. The van der Waals surface area contributed by atoms with E-state index in [0.29, 0.717) is 29.5 Å². The fourth-order valence-electron chi connectivity index (χ4n) is 2.55. The summed E-state index contributed by atoms with van der Waals surface area (Å²) in [6, 6.07) is 12.6. The third kappa shape index (κ3) is 7.01. The van der Waals surface area contributed by atoms with Crippen molar-refractivity contribution >= 4 is 17.5 Å². The summed E-state index contributed by atoms with van der Waals surface area (Å²) in [5.41, 5.74) is 7.63. The molecule has 6 heteroatoms. The molecular formula is C23H27ClN2O3. The molecule has 0 aliphatic rings. The zero-order valence-electron chi connectivity index (χ0n) is 17.0. The quantitative estimate of drug-likeness (QED) is 0.649. The van der Waals surface area contributed by atoms with Gasteiger partial charge in [-0.1, -0.05) is 55.5 Å². The van der Waals surface area contributed by atoms with Crippen molar-refractivity contribution in [2.45, 2.75) is 26.3 Å². The minimum atomic E-state index is -0.493. The van der Waals surface area contributed by atoms with Gasteiger partial charge in [0.15, 0.2) is 11.5 Å². The molecule has 0 spiro atoms. The van der Waals surface area contributed by atoms with E-state index in [1.54, 1.807) is 13.2 Å². The molecular weight excluding hydrogens is 388 g/mol. The van der Waals surface area contributed by atoms with Crippen molar-refractivity contribution in [1.29, 1.82) is 0 Å². The Morgan fingerprint density at radius 1 is 1.21 bits per heavy atom. The number of halogens is 1. The highest BCUT2D eigenvalue weighted by Crippen LogP contribution is 2.28. The first-order chi connectivity index (χ1) is 13.9. The van der Waals surface area contributed by atoms with Crippen LogP contribution in [0, 0.1) is 17.8 Å². The maximum Gasteiger partial charge on any atom is 0.237 e. The summed E-state index contributed by atoms with van der Waals surface area (Å²) in [6.07, 6.45) is 0.666. The van der Waals surface area contributed by atoms with Gasteiger partial charge in [0.05, 0.1) is 18.2 Å². The predicted molar refractivity (Wildman–Crippen MR) is 116 cm³/mol. The van der Waals surface area contributed by atoms with Crippen LogP contribution in [0.15, 0.2) is 42.5 Å². The smallest absolute Gasteiger partial charge is 0.237 e. The number of ether oxygens (including phenoxy) is 2.